The van der Waals surface area contributed by atoms with E-state index in [1.54, 1.807) is 6.92 Å². The van der Waals surface area contributed by atoms with Crippen LogP contribution in [0, 0.1) is 0 Å². The molecule has 1 rings (SSSR count). The van der Waals surface area contributed by atoms with Gasteiger partial charge in [-0.25, -0.2) is 4.79 Å². The first kappa shape index (κ1) is 11.2. The number of furan rings is 1. The van der Waals surface area contributed by atoms with Crippen molar-refractivity contribution >= 4 is 12.4 Å². The van der Waals surface area contributed by atoms with Gasteiger partial charge in [0.15, 0.2) is 0 Å². The summed E-state index contributed by atoms with van der Waals surface area (Å²) in [5.41, 5.74) is 0. The summed E-state index contributed by atoms with van der Waals surface area (Å²) in [5, 5.41) is 8.18. The van der Waals surface area contributed by atoms with Gasteiger partial charge in [-0.15, -0.1) is 0 Å². The molecular formula is C8H10O5. The van der Waals surface area contributed by atoms with Gasteiger partial charge in [0.1, 0.15) is 0 Å². The molecule has 0 radical (unpaired) electrons. The van der Waals surface area contributed by atoms with E-state index in [4.69, 9.17) is 5.11 Å². The van der Waals surface area contributed by atoms with Crippen molar-refractivity contribution in [1.29, 1.82) is 0 Å². The number of ether oxygens (including phenoxy) is 1. The van der Waals surface area contributed by atoms with Gasteiger partial charge in [-0.2, -0.15) is 0 Å². The molecule has 13 heavy (non-hydrogen) atoms. The quantitative estimate of drug-likeness (QED) is 0.716. The average Bonchev–Trinajstić information content (AvgIpc) is 2.58. The van der Waals surface area contributed by atoms with Crippen LogP contribution in [0.1, 0.15) is 17.5 Å². The lowest BCUT2D eigenvalue weighted by molar-refractivity contribution is -0.128. The van der Waals surface area contributed by atoms with E-state index in [9.17, 15) is 9.59 Å². The van der Waals surface area contributed by atoms with Crippen LogP contribution in [0.5, 0.6) is 0 Å². The average molecular weight is 186 g/mol. The molecule has 0 aliphatic carbocycles. The Bertz CT molecular complexity index is 239. The van der Waals surface area contributed by atoms with Crippen LogP contribution >= 0.6 is 0 Å². The fourth-order valence-corrected chi connectivity index (χ4v) is 0.468. The molecule has 0 unspecified atom stereocenters. The highest BCUT2D eigenvalue weighted by molar-refractivity contribution is 5.84. The van der Waals surface area contributed by atoms with Gasteiger partial charge in [0, 0.05) is 0 Å². The molecule has 72 valence electrons. The highest BCUT2D eigenvalue weighted by atomic mass is 16.5. The van der Waals surface area contributed by atoms with Crippen LogP contribution in [0.15, 0.2) is 22.8 Å². The molecule has 1 heterocycles. The van der Waals surface area contributed by atoms with Gasteiger partial charge in [0.25, 0.3) is 6.47 Å². The summed E-state index contributed by atoms with van der Waals surface area (Å²) in [4.78, 5) is 19.2. The minimum atomic E-state index is -1.03. The van der Waals surface area contributed by atoms with Crippen molar-refractivity contribution < 1.29 is 23.8 Å². The Morgan fingerprint density at radius 3 is 2.62 bits per heavy atom. The SMILES string of the molecule is CCOC=O.O=C(O)c1ccco1. The Morgan fingerprint density at radius 2 is 2.46 bits per heavy atom. The third kappa shape index (κ3) is 5.49. The van der Waals surface area contributed by atoms with Gasteiger partial charge in [-0.1, -0.05) is 0 Å². The number of carbonyl (C=O) groups excluding carboxylic acids is 1. The zero-order valence-corrected chi connectivity index (χ0v) is 7.10. The number of carbonyl (C=O) groups is 2. The lowest BCUT2D eigenvalue weighted by atomic mass is 10.5. The van der Waals surface area contributed by atoms with E-state index in [-0.39, 0.29) is 5.76 Å². The van der Waals surface area contributed by atoms with E-state index in [2.05, 4.69) is 9.15 Å². The van der Waals surface area contributed by atoms with Crippen molar-refractivity contribution in [3.05, 3.63) is 24.2 Å². The van der Waals surface area contributed by atoms with Gasteiger partial charge in [-0.05, 0) is 19.1 Å². The fourth-order valence-electron chi connectivity index (χ4n) is 0.468. The topological polar surface area (TPSA) is 76.7 Å². The molecule has 0 atom stereocenters. The van der Waals surface area contributed by atoms with Crippen LogP contribution in [0.4, 0.5) is 0 Å². The summed E-state index contributed by atoms with van der Waals surface area (Å²) in [6.45, 7) is 2.66. The summed E-state index contributed by atoms with van der Waals surface area (Å²) in [5.74, 6) is -1.06. The number of carboxylic acids is 1. The van der Waals surface area contributed by atoms with Crippen molar-refractivity contribution in [1.82, 2.24) is 0 Å². The Kier molecular flexibility index (Phi) is 5.96. The zero-order valence-electron chi connectivity index (χ0n) is 7.10. The summed E-state index contributed by atoms with van der Waals surface area (Å²) < 4.78 is 8.65. The van der Waals surface area contributed by atoms with Crippen LogP contribution in [-0.2, 0) is 9.53 Å². The monoisotopic (exact) mass is 186 g/mol. The van der Waals surface area contributed by atoms with E-state index in [1.807, 2.05) is 0 Å². The first-order valence-corrected chi connectivity index (χ1v) is 3.54. The second-order valence-electron chi connectivity index (χ2n) is 1.83. The molecule has 0 aromatic carbocycles. The minimum absolute atomic E-state index is 0.0231. The van der Waals surface area contributed by atoms with E-state index >= 15 is 0 Å². The Morgan fingerprint density at radius 1 is 1.77 bits per heavy atom. The molecule has 0 fully saturated rings. The molecule has 0 amide bonds. The Labute approximate surface area is 74.9 Å². The molecular weight excluding hydrogens is 176 g/mol. The number of carboxylic acid groups (broad SMARTS) is 1. The molecule has 1 aromatic rings. The second kappa shape index (κ2) is 6.90. The van der Waals surface area contributed by atoms with Crippen LogP contribution in [0.2, 0.25) is 0 Å². The van der Waals surface area contributed by atoms with Gasteiger partial charge in [0.2, 0.25) is 5.76 Å². The molecule has 5 nitrogen and oxygen atoms in total. The first-order chi connectivity index (χ1) is 6.22. The highest BCUT2D eigenvalue weighted by Gasteiger charge is 2.01. The number of hydrogen-bond donors (Lipinski definition) is 1. The van der Waals surface area contributed by atoms with Crippen molar-refractivity contribution in [3.8, 4) is 0 Å². The fraction of sp³-hybridized carbons (Fsp3) is 0.250. The molecule has 0 aliphatic heterocycles. The number of hydrogen-bond acceptors (Lipinski definition) is 4. The largest absolute Gasteiger partial charge is 0.475 e. The zero-order chi connectivity index (χ0) is 10.1. The third-order valence-electron chi connectivity index (χ3n) is 0.967. The Hall–Kier alpha value is -1.78. The van der Waals surface area contributed by atoms with Gasteiger partial charge in [-0.3, -0.25) is 4.79 Å². The third-order valence-corrected chi connectivity index (χ3v) is 0.967. The second-order valence-corrected chi connectivity index (χ2v) is 1.83. The molecule has 0 spiro atoms. The predicted octanol–water partition coefficient (Wildman–Crippen LogP) is 1.16. The van der Waals surface area contributed by atoms with Crippen molar-refractivity contribution in [3.63, 3.8) is 0 Å². The molecule has 0 bridgehead atoms. The highest BCUT2D eigenvalue weighted by Crippen LogP contribution is 1.97. The van der Waals surface area contributed by atoms with E-state index in [1.165, 1.54) is 18.4 Å². The predicted molar refractivity (Wildman–Crippen MR) is 43.4 cm³/mol. The van der Waals surface area contributed by atoms with Crippen LogP contribution in [0.25, 0.3) is 0 Å². The maximum absolute atomic E-state index is 9.97. The van der Waals surface area contributed by atoms with Gasteiger partial charge < -0.3 is 14.3 Å². The molecule has 0 aliphatic rings. The smallest absolute Gasteiger partial charge is 0.371 e. The van der Waals surface area contributed by atoms with Crippen molar-refractivity contribution in [2.24, 2.45) is 0 Å². The molecule has 0 saturated heterocycles. The maximum Gasteiger partial charge on any atom is 0.371 e. The molecule has 5 heteroatoms. The van der Waals surface area contributed by atoms with Gasteiger partial charge >= 0.3 is 5.97 Å². The normalized spacial score (nSPS) is 8.08. The van der Waals surface area contributed by atoms with Gasteiger partial charge in [0.05, 0.1) is 12.9 Å². The summed E-state index contributed by atoms with van der Waals surface area (Å²) in [7, 11) is 0. The van der Waals surface area contributed by atoms with E-state index in [0.29, 0.717) is 13.1 Å². The van der Waals surface area contributed by atoms with Crippen LogP contribution < -0.4 is 0 Å². The maximum atomic E-state index is 9.97. The lowest BCUT2D eigenvalue weighted by Gasteiger charge is -1.79. The van der Waals surface area contributed by atoms with Crippen LogP contribution in [-0.4, -0.2) is 24.2 Å². The summed E-state index contributed by atoms with van der Waals surface area (Å²) in [6.07, 6.45) is 1.32. The van der Waals surface area contributed by atoms with E-state index in [0.717, 1.165) is 0 Å². The molecule has 1 N–H and O–H groups in total. The number of rotatable bonds is 3. The lowest BCUT2D eigenvalue weighted by Crippen LogP contribution is -1.90. The van der Waals surface area contributed by atoms with Crippen molar-refractivity contribution in [2.45, 2.75) is 6.92 Å². The Balaban J connectivity index is 0.000000252. The standard InChI is InChI=1S/C5H4O3.C3H6O2/c6-5(7)4-2-1-3-8-4;1-2-5-3-4/h1-3H,(H,6,7);3H,2H2,1H3. The van der Waals surface area contributed by atoms with Crippen molar-refractivity contribution in [2.75, 3.05) is 6.61 Å². The minimum Gasteiger partial charge on any atom is -0.475 e. The molecule has 1 aromatic heterocycles. The number of aromatic carboxylic acids is 1. The van der Waals surface area contributed by atoms with E-state index < -0.39 is 5.97 Å². The molecule has 0 saturated carbocycles. The van der Waals surface area contributed by atoms with Crippen LogP contribution in [0.3, 0.4) is 0 Å². The summed E-state index contributed by atoms with van der Waals surface area (Å²) in [6, 6.07) is 2.92. The first-order valence-electron chi connectivity index (χ1n) is 3.54. The summed E-state index contributed by atoms with van der Waals surface area (Å²) >= 11 is 0.